The van der Waals surface area contributed by atoms with Crippen LogP contribution in [0.2, 0.25) is 5.02 Å². The number of ether oxygens (including phenoxy) is 1. The van der Waals surface area contributed by atoms with E-state index in [1.54, 1.807) is 12.1 Å². The monoisotopic (exact) mass is 1050 g/mol. The summed E-state index contributed by atoms with van der Waals surface area (Å²) >= 11 is 13.7. The third kappa shape index (κ3) is 11.7. The van der Waals surface area contributed by atoms with Crippen molar-refractivity contribution < 1.29 is 14.3 Å². The molecule has 11 rings (SSSR count). The quantitative estimate of drug-likeness (QED) is 0.0824. The first kappa shape index (κ1) is 47.4. The number of hydrogen-bond donors (Lipinski definition) is 4. The molecule has 358 valence electrons. The van der Waals surface area contributed by atoms with Crippen molar-refractivity contribution in [1.29, 1.82) is 0 Å². The highest BCUT2D eigenvalue weighted by Gasteiger charge is 2.26. The molecular weight excluding hydrogens is 992 g/mol. The Hall–Kier alpha value is -5.29. The molecule has 2 saturated carbocycles. The number of nitrogens with one attached hydrogen (secondary N) is 4. The van der Waals surface area contributed by atoms with Gasteiger partial charge in [-0.2, -0.15) is 28.6 Å². The standard InChI is InChI=1S/C29H30ClN5O2S.C23H26BrN5OS/c1-18-14-20(2-9-24(18)29(36)33-22-5-6-22)26-17-32-28-25(31-16-19-10-12-38-13-11-19)15-27(34-35(26)28)37-23-7-3-21(30)4-8-23;1-14-10-16(2-5-18(14)23(30)27-17-3-4-17)20-13-26-22-19(11-21(24)28-29(20)22)25-12-15-6-8-31-9-7-15/h2-4,7-9,14-15,17,19,22,31H,5-6,10-13,16H2,1H3,(H,33,36);2,5,10-11,13,15,17,25H,3-4,6-9,12H2,1H3,(H,27,30). The van der Waals surface area contributed by atoms with Gasteiger partial charge in [0.25, 0.3) is 11.8 Å². The number of carbonyl (C=O) groups excluding carboxylic acids is 2. The Morgan fingerprint density at radius 3 is 1.61 bits per heavy atom. The highest BCUT2D eigenvalue weighted by Crippen LogP contribution is 2.33. The number of rotatable bonds is 14. The number of hydrogen-bond acceptors (Lipinski definition) is 11. The first-order valence-electron chi connectivity index (χ1n) is 24.0. The molecule has 0 atom stereocenters. The SMILES string of the molecule is Cc1cc(-c2cnc3c(NCC4CCSCC4)cc(Br)nn23)ccc1C(=O)NC1CC1.Cc1cc(-c2cnc3c(NCC4CCSCC4)cc(Oc4ccc(Cl)cc4)nn23)ccc1C(=O)NC1CC1. The number of aryl methyl sites for hydroxylation is 2. The van der Waals surface area contributed by atoms with Crippen LogP contribution < -0.4 is 26.0 Å². The minimum absolute atomic E-state index is 0.0122. The molecular formula is C52H56BrClN10O3S2. The molecule has 0 bridgehead atoms. The number of benzene rings is 3. The minimum atomic E-state index is -0.0148. The van der Waals surface area contributed by atoms with Crippen molar-refractivity contribution in [2.75, 3.05) is 46.7 Å². The largest absolute Gasteiger partial charge is 0.438 e. The van der Waals surface area contributed by atoms with Crippen LogP contribution in [0.5, 0.6) is 11.6 Å². The highest BCUT2D eigenvalue weighted by molar-refractivity contribution is 9.10. The van der Waals surface area contributed by atoms with Gasteiger partial charge in [0.1, 0.15) is 10.4 Å². The lowest BCUT2D eigenvalue weighted by atomic mass is 10.0. The molecule has 69 heavy (non-hydrogen) atoms. The summed E-state index contributed by atoms with van der Waals surface area (Å²) in [5.74, 6) is 7.38. The number of aromatic nitrogens is 6. The Kier molecular flexibility index (Phi) is 14.7. The van der Waals surface area contributed by atoms with E-state index < -0.39 is 0 Å². The number of fused-ring (bicyclic) bond motifs is 2. The van der Waals surface area contributed by atoms with E-state index in [0.29, 0.717) is 46.1 Å². The number of thioether (sulfide) groups is 2. The highest BCUT2D eigenvalue weighted by atomic mass is 79.9. The van der Waals surface area contributed by atoms with Crippen molar-refractivity contribution in [3.05, 3.63) is 117 Å². The minimum Gasteiger partial charge on any atom is -0.438 e. The Bertz CT molecular complexity index is 2980. The van der Waals surface area contributed by atoms with E-state index >= 15 is 0 Å². The van der Waals surface area contributed by atoms with Gasteiger partial charge in [0, 0.05) is 58.5 Å². The van der Waals surface area contributed by atoms with E-state index in [0.717, 1.165) is 105 Å². The second kappa shape index (κ2) is 21.4. The summed E-state index contributed by atoms with van der Waals surface area (Å²) < 4.78 is 10.6. The fraction of sp³-hybridized carbons (Fsp3) is 0.385. The molecule has 2 aliphatic heterocycles. The van der Waals surface area contributed by atoms with Crippen LogP contribution in [-0.2, 0) is 0 Å². The zero-order valence-corrected chi connectivity index (χ0v) is 42.7. The third-order valence-corrected chi connectivity index (χ3v) is 15.9. The number of imidazole rings is 2. The summed E-state index contributed by atoms with van der Waals surface area (Å²) in [6.45, 7) is 5.78. The Morgan fingerprint density at radius 1 is 0.652 bits per heavy atom. The Balaban J connectivity index is 0.000000164. The van der Waals surface area contributed by atoms with E-state index in [2.05, 4.69) is 47.3 Å². The molecule has 7 aromatic rings. The number of amides is 2. The summed E-state index contributed by atoms with van der Waals surface area (Å²) in [7, 11) is 0. The molecule has 2 amide bonds. The maximum atomic E-state index is 12.6. The number of halogens is 2. The maximum Gasteiger partial charge on any atom is 0.251 e. The fourth-order valence-electron chi connectivity index (χ4n) is 8.76. The molecule has 17 heteroatoms. The summed E-state index contributed by atoms with van der Waals surface area (Å²) in [6.07, 6.45) is 12.9. The van der Waals surface area contributed by atoms with Crippen LogP contribution in [0.15, 0.2) is 89.8 Å². The lowest BCUT2D eigenvalue weighted by Gasteiger charge is -2.22. The van der Waals surface area contributed by atoms with Gasteiger partial charge in [-0.15, -0.1) is 5.10 Å². The van der Waals surface area contributed by atoms with Crippen LogP contribution >= 0.6 is 51.1 Å². The first-order chi connectivity index (χ1) is 33.6. The van der Waals surface area contributed by atoms with Gasteiger partial charge in [-0.25, -0.2) is 19.0 Å². The second-order valence-electron chi connectivity index (χ2n) is 18.5. The molecule has 0 spiro atoms. The Morgan fingerprint density at radius 2 is 1.13 bits per heavy atom. The maximum absolute atomic E-state index is 12.6. The molecule has 4 N–H and O–H groups in total. The van der Waals surface area contributed by atoms with E-state index in [4.69, 9.17) is 26.4 Å². The number of carbonyl (C=O) groups is 2. The zero-order valence-electron chi connectivity index (χ0n) is 38.8. The van der Waals surface area contributed by atoms with Gasteiger partial charge in [0.2, 0.25) is 5.88 Å². The van der Waals surface area contributed by atoms with Crippen molar-refractivity contribution in [3.63, 3.8) is 0 Å². The predicted octanol–water partition coefficient (Wildman–Crippen LogP) is 11.5. The average molecular weight is 1050 g/mol. The molecule has 0 unspecified atom stereocenters. The molecule has 4 aliphatic rings. The first-order valence-corrected chi connectivity index (χ1v) is 27.4. The molecule has 0 radical (unpaired) electrons. The van der Waals surface area contributed by atoms with Gasteiger partial charge in [-0.1, -0.05) is 23.7 Å². The van der Waals surface area contributed by atoms with Crippen molar-refractivity contribution in [2.45, 2.75) is 77.3 Å². The molecule has 4 aromatic heterocycles. The lowest BCUT2D eigenvalue weighted by Crippen LogP contribution is -2.26. The molecule has 2 saturated heterocycles. The van der Waals surface area contributed by atoms with Crippen LogP contribution in [0.1, 0.15) is 83.2 Å². The van der Waals surface area contributed by atoms with Crippen molar-refractivity contribution >= 4 is 85.5 Å². The van der Waals surface area contributed by atoms with Gasteiger partial charge in [0.05, 0.1) is 35.2 Å². The van der Waals surface area contributed by atoms with Gasteiger partial charge in [-0.05, 0) is 182 Å². The van der Waals surface area contributed by atoms with Gasteiger partial charge >= 0.3 is 0 Å². The van der Waals surface area contributed by atoms with E-state index in [9.17, 15) is 9.59 Å². The van der Waals surface area contributed by atoms with Crippen LogP contribution in [0.4, 0.5) is 11.4 Å². The molecule has 2 aliphatic carbocycles. The van der Waals surface area contributed by atoms with Crippen molar-refractivity contribution in [2.24, 2.45) is 11.8 Å². The van der Waals surface area contributed by atoms with E-state index in [-0.39, 0.29) is 11.8 Å². The smallest absolute Gasteiger partial charge is 0.251 e. The molecule has 13 nitrogen and oxygen atoms in total. The topological polar surface area (TPSA) is 152 Å². The predicted molar refractivity (Wildman–Crippen MR) is 284 cm³/mol. The molecule has 6 heterocycles. The van der Waals surface area contributed by atoms with E-state index in [1.165, 1.54) is 48.7 Å². The Labute approximate surface area is 424 Å². The van der Waals surface area contributed by atoms with Gasteiger partial charge in [-0.3, -0.25) is 9.59 Å². The summed E-state index contributed by atoms with van der Waals surface area (Å²) in [4.78, 5) is 34.5. The van der Waals surface area contributed by atoms with Crippen LogP contribution in [0.3, 0.4) is 0 Å². The summed E-state index contributed by atoms with van der Waals surface area (Å²) in [5.41, 5.74) is 10.4. The summed E-state index contributed by atoms with van der Waals surface area (Å²) in [6, 6.07) is 23.6. The molecule has 4 fully saturated rings. The van der Waals surface area contributed by atoms with Crippen LogP contribution in [-0.4, -0.2) is 89.2 Å². The lowest BCUT2D eigenvalue weighted by molar-refractivity contribution is 0.0942. The van der Waals surface area contributed by atoms with Crippen LogP contribution in [0, 0.1) is 25.7 Å². The second-order valence-corrected chi connectivity index (χ2v) is 22.2. The molecule has 3 aromatic carbocycles. The number of anilines is 2. The van der Waals surface area contributed by atoms with Crippen molar-refractivity contribution in [1.82, 2.24) is 39.8 Å². The zero-order chi connectivity index (χ0) is 47.4. The van der Waals surface area contributed by atoms with Gasteiger partial charge < -0.3 is 26.0 Å². The van der Waals surface area contributed by atoms with Gasteiger partial charge in [0.15, 0.2) is 11.3 Å². The summed E-state index contributed by atoms with van der Waals surface area (Å²) in [5, 5.41) is 23.5. The van der Waals surface area contributed by atoms with Crippen LogP contribution in [0.25, 0.3) is 33.8 Å². The number of nitrogens with zero attached hydrogens (tertiary/aromatic N) is 6. The normalized spacial score (nSPS) is 16.5. The van der Waals surface area contributed by atoms with E-state index in [1.807, 2.05) is 119 Å². The fourth-order valence-corrected chi connectivity index (χ4v) is 11.7. The van der Waals surface area contributed by atoms with Crippen molar-refractivity contribution in [3.8, 4) is 34.1 Å². The average Bonchev–Trinajstić information content (AvgIpc) is 4.28. The third-order valence-electron chi connectivity index (χ3n) is 13.1.